The number of carbonyl (C=O) groups excluding carboxylic acids is 1. The lowest BCUT2D eigenvalue weighted by molar-refractivity contribution is -0.137. The van der Waals surface area contributed by atoms with Crippen LogP contribution in [0.15, 0.2) is 64.9 Å². The van der Waals surface area contributed by atoms with Crippen molar-refractivity contribution in [2.75, 3.05) is 5.32 Å². The second-order valence-corrected chi connectivity index (χ2v) is 7.95. The number of hydrogen-bond acceptors (Lipinski definition) is 4. The number of aromatic nitrogens is 3. The summed E-state index contributed by atoms with van der Waals surface area (Å²) in [5, 5.41) is 11.5. The van der Waals surface area contributed by atoms with Crippen molar-refractivity contribution in [1.29, 1.82) is 0 Å². The molecule has 0 radical (unpaired) electrons. The lowest BCUT2D eigenvalue weighted by Crippen LogP contribution is -2.14. The monoisotopic (exact) mass is 418 g/mol. The maximum Gasteiger partial charge on any atom is 0.416 e. The summed E-state index contributed by atoms with van der Waals surface area (Å²) in [7, 11) is 1.86. The van der Waals surface area contributed by atoms with E-state index in [0.717, 1.165) is 27.7 Å². The highest BCUT2D eigenvalue weighted by molar-refractivity contribution is 7.99. The van der Waals surface area contributed by atoms with Crippen LogP contribution in [0.1, 0.15) is 23.5 Å². The van der Waals surface area contributed by atoms with E-state index < -0.39 is 11.7 Å². The van der Waals surface area contributed by atoms with E-state index in [-0.39, 0.29) is 17.7 Å². The van der Waals surface area contributed by atoms with Crippen molar-refractivity contribution in [2.24, 2.45) is 13.0 Å². The van der Waals surface area contributed by atoms with Crippen LogP contribution in [0.3, 0.4) is 0 Å². The Balaban J connectivity index is 1.34. The highest BCUT2D eigenvalue weighted by Crippen LogP contribution is 2.48. The van der Waals surface area contributed by atoms with Crippen molar-refractivity contribution in [1.82, 2.24) is 14.8 Å². The van der Waals surface area contributed by atoms with Gasteiger partial charge >= 0.3 is 6.18 Å². The maximum atomic E-state index is 12.7. The maximum absolute atomic E-state index is 12.7. The van der Waals surface area contributed by atoms with Gasteiger partial charge in [0.2, 0.25) is 5.91 Å². The fraction of sp³-hybridized carbons (Fsp3) is 0.250. The molecule has 2 unspecified atom stereocenters. The first-order chi connectivity index (χ1) is 13.8. The van der Waals surface area contributed by atoms with Crippen LogP contribution in [0.5, 0.6) is 0 Å². The molecular weight excluding hydrogens is 401 g/mol. The lowest BCUT2D eigenvalue weighted by Gasteiger charge is -2.08. The molecule has 9 heteroatoms. The molecule has 0 aliphatic heterocycles. The van der Waals surface area contributed by atoms with E-state index in [2.05, 4.69) is 15.5 Å². The first-order valence-electron chi connectivity index (χ1n) is 8.91. The fourth-order valence-corrected chi connectivity index (χ4v) is 3.85. The molecule has 3 aromatic rings. The van der Waals surface area contributed by atoms with Gasteiger partial charge in [-0.2, -0.15) is 13.2 Å². The number of hydrogen-bond donors (Lipinski definition) is 1. The third-order valence-electron chi connectivity index (χ3n) is 4.79. The van der Waals surface area contributed by atoms with E-state index in [4.69, 9.17) is 0 Å². The lowest BCUT2D eigenvalue weighted by atomic mass is 10.1. The third kappa shape index (κ3) is 4.45. The van der Waals surface area contributed by atoms with Gasteiger partial charge in [0.1, 0.15) is 6.33 Å². The number of nitrogens with zero attached hydrogens (tertiary/aromatic N) is 3. The molecule has 1 amide bonds. The Morgan fingerprint density at radius 3 is 2.41 bits per heavy atom. The molecule has 1 fully saturated rings. The predicted octanol–water partition coefficient (Wildman–Crippen LogP) is 4.73. The van der Waals surface area contributed by atoms with Gasteiger partial charge in [-0.3, -0.25) is 4.79 Å². The standard InChI is InChI=1S/C20H17F3N4OS/c1-27-11-24-26-19(27)29-15-8-6-14(7-9-15)25-18(28)17-10-16(17)12-2-4-13(5-3-12)20(21,22)23/h2-9,11,16-17H,10H2,1H3,(H,25,28). The molecule has 1 saturated carbocycles. The summed E-state index contributed by atoms with van der Waals surface area (Å²) >= 11 is 1.46. The van der Waals surface area contributed by atoms with Crippen LogP contribution in [0.25, 0.3) is 0 Å². The smallest absolute Gasteiger partial charge is 0.326 e. The summed E-state index contributed by atoms with van der Waals surface area (Å²) in [5.41, 5.74) is 0.756. The number of carbonyl (C=O) groups is 1. The van der Waals surface area contributed by atoms with Crippen molar-refractivity contribution in [2.45, 2.75) is 28.6 Å². The zero-order valence-corrected chi connectivity index (χ0v) is 16.2. The van der Waals surface area contributed by atoms with Gasteiger partial charge in [-0.1, -0.05) is 12.1 Å². The van der Waals surface area contributed by atoms with Crippen LogP contribution >= 0.6 is 11.8 Å². The molecule has 4 rings (SSSR count). The number of aryl methyl sites for hydroxylation is 1. The number of anilines is 1. The van der Waals surface area contributed by atoms with E-state index in [1.165, 1.54) is 23.9 Å². The molecule has 29 heavy (non-hydrogen) atoms. The van der Waals surface area contributed by atoms with Gasteiger partial charge < -0.3 is 9.88 Å². The highest BCUT2D eigenvalue weighted by Gasteiger charge is 2.44. The normalized spacial score (nSPS) is 18.5. The Labute approximate surface area is 169 Å². The zero-order chi connectivity index (χ0) is 20.6. The Hall–Kier alpha value is -2.81. The Bertz CT molecular complexity index is 1020. The van der Waals surface area contributed by atoms with Gasteiger partial charge in [0.05, 0.1) is 5.56 Å². The quantitative estimate of drug-likeness (QED) is 0.651. The number of benzene rings is 2. The largest absolute Gasteiger partial charge is 0.416 e. The number of rotatable bonds is 5. The van der Waals surface area contributed by atoms with Crippen LogP contribution in [0.2, 0.25) is 0 Å². The van der Waals surface area contributed by atoms with E-state index in [1.807, 2.05) is 35.9 Å². The van der Waals surface area contributed by atoms with Gasteiger partial charge in [-0.05, 0) is 66.1 Å². The van der Waals surface area contributed by atoms with Crippen LogP contribution in [0.4, 0.5) is 18.9 Å². The van der Waals surface area contributed by atoms with Gasteiger partial charge in [0.15, 0.2) is 5.16 Å². The number of nitrogens with one attached hydrogen (secondary N) is 1. The molecular formula is C20H17F3N4OS. The molecule has 1 aliphatic carbocycles. The van der Waals surface area contributed by atoms with Crippen molar-refractivity contribution in [3.8, 4) is 0 Å². The summed E-state index contributed by atoms with van der Waals surface area (Å²) < 4.78 is 39.8. The van der Waals surface area contributed by atoms with Crippen molar-refractivity contribution in [3.05, 3.63) is 66.0 Å². The second-order valence-electron chi connectivity index (χ2n) is 6.91. The van der Waals surface area contributed by atoms with Crippen LogP contribution in [-0.4, -0.2) is 20.7 Å². The van der Waals surface area contributed by atoms with E-state index >= 15 is 0 Å². The molecule has 1 aliphatic rings. The van der Waals surface area contributed by atoms with E-state index in [0.29, 0.717) is 12.1 Å². The zero-order valence-electron chi connectivity index (χ0n) is 15.3. The van der Waals surface area contributed by atoms with E-state index in [1.54, 1.807) is 6.33 Å². The molecule has 2 atom stereocenters. The minimum absolute atomic E-state index is 0.0389. The molecule has 150 valence electrons. The molecule has 1 N–H and O–H groups in total. The van der Waals surface area contributed by atoms with Crippen molar-refractivity contribution < 1.29 is 18.0 Å². The minimum atomic E-state index is -4.35. The number of amides is 1. The average Bonchev–Trinajstić information content (AvgIpc) is 3.40. The number of halogens is 3. The molecule has 1 aromatic heterocycles. The summed E-state index contributed by atoms with van der Waals surface area (Å²) in [5.74, 6) is -0.383. The van der Waals surface area contributed by atoms with Crippen molar-refractivity contribution in [3.63, 3.8) is 0 Å². The average molecular weight is 418 g/mol. The highest BCUT2D eigenvalue weighted by atomic mass is 32.2. The van der Waals surface area contributed by atoms with Crippen molar-refractivity contribution >= 4 is 23.4 Å². The second kappa shape index (κ2) is 7.55. The molecule has 2 aromatic carbocycles. The van der Waals surface area contributed by atoms with Gasteiger partial charge in [-0.15, -0.1) is 10.2 Å². The first kappa shape index (κ1) is 19.5. The summed E-state index contributed by atoms with van der Waals surface area (Å²) in [6.07, 6.45) is -2.09. The Morgan fingerprint density at radius 1 is 1.14 bits per heavy atom. The fourth-order valence-electron chi connectivity index (χ4n) is 3.08. The van der Waals surface area contributed by atoms with E-state index in [9.17, 15) is 18.0 Å². The summed E-state index contributed by atoms with van der Waals surface area (Å²) in [4.78, 5) is 13.4. The minimum Gasteiger partial charge on any atom is -0.326 e. The Morgan fingerprint density at radius 2 is 1.83 bits per heavy atom. The third-order valence-corrected chi connectivity index (χ3v) is 5.85. The van der Waals surface area contributed by atoms with Gasteiger partial charge in [0.25, 0.3) is 0 Å². The molecule has 0 bridgehead atoms. The molecule has 5 nitrogen and oxygen atoms in total. The predicted molar refractivity (Wildman–Crippen MR) is 102 cm³/mol. The van der Waals surface area contributed by atoms with Crippen LogP contribution in [0, 0.1) is 5.92 Å². The van der Waals surface area contributed by atoms with Gasteiger partial charge in [0, 0.05) is 23.5 Å². The first-order valence-corrected chi connectivity index (χ1v) is 9.73. The Kier molecular flexibility index (Phi) is 5.08. The summed E-state index contributed by atoms with van der Waals surface area (Å²) in [6.45, 7) is 0. The van der Waals surface area contributed by atoms with Crippen LogP contribution in [-0.2, 0) is 18.0 Å². The topological polar surface area (TPSA) is 59.8 Å². The van der Waals surface area contributed by atoms with Gasteiger partial charge in [-0.25, -0.2) is 0 Å². The van der Waals surface area contributed by atoms with Crippen LogP contribution < -0.4 is 5.32 Å². The number of alkyl halides is 3. The SMILES string of the molecule is Cn1cnnc1Sc1ccc(NC(=O)C2CC2c2ccc(C(F)(F)F)cc2)cc1. The summed E-state index contributed by atoms with van der Waals surface area (Å²) in [6, 6.07) is 12.4. The molecule has 0 spiro atoms. The molecule has 0 saturated heterocycles. The molecule has 1 heterocycles.